The summed E-state index contributed by atoms with van der Waals surface area (Å²) in [4.78, 5) is 12.8. The first kappa shape index (κ1) is 14.7. The lowest BCUT2D eigenvalue weighted by molar-refractivity contribution is -0.158. The Balaban J connectivity index is 1.45. The number of aliphatic hydroxyl groups is 2. The number of ether oxygens (including phenoxy) is 1. The van der Waals surface area contributed by atoms with E-state index in [9.17, 15) is 15.0 Å². The molecule has 4 heteroatoms. The number of hydrogen-bond acceptors (Lipinski definition) is 4. The molecule has 0 aromatic carbocycles. The summed E-state index contributed by atoms with van der Waals surface area (Å²) in [5, 5.41) is 21.4. The first-order chi connectivity index (χ1) is 11.3. The van der Waals surface area contributed by atoms with Crippen molar-refractivity contribution in [2.75, 3.05) is 0 Å². The maximum atomic E-state index is 12.8. The Morgan fingerprint density at radius 2 is 1.96 bits per heavy atom. The van der Waals surface area contributed by atoms with E-state index in [0.29, 0.717) is 35.9 Å². The summed E-state index contributed by atoms with van der Waals surface area (Å²) in [7, 11) is 0. The summed E-state index contributed by atoms with van der Waals surface area (Å²) in [5.74, 6) is 2.30. The van der Waals surface area contributed by atoms with Gasteiger partial charge in [0.05, 0.1) is 12.2 Å². The first-order valence-electron chi connectivity index (χ1n) is 9.92. The van der Waals surface area contributed by atoms with Crippen LogP contribution in [0.4, 0.5) is 0 Å². The van der Waals surface area contributed by atoms with Crippen LogP contribution in [0, 0.1) is 40.4 Å². The van der Waals surface area contributed by atoms with Gasteiger partial charge < -0.3 is 14.9 Å². The van der Waals surface area contributed by atoms with Crippen molar-refractivity contribution < 1.29 is 19.7 Å². The molecule has 2 N–H and O–H groups in total. The zero-order valence-corrected chi connectivity index (χ0v) is 14.6. The van der Waals surface area contributed by atoms with Gasteiger partial charge in [-0.2, -0.15) is 0 Å². The van der Waals surface area contributed by atoms with Crippen molar-refractivity contribution in [2.45, 2.75) is 76.3 Å². The van der Waals surface area contributed by atoms with Gasteiger partial charge in [-0.1, -0.05) is 13.8 Å². The maximum absolute atomic E-state index is 12.8. The zero-order chi connectivity index (χ0) is 16.6. The SMILES string of the molecule is C[C@]12CCC3C(C1[C@@H]1C[C@@H]1C2=O)[C@@H](O)[C@H]1O[C@]12C[C@@H](O)CC[C@]32C. The number of fused-ring (bicyclic) bond motifs is 6. The van der Waals surface area contributed by atoms with Crippen molar-refractivity contribution in [2.24, 2.45) is 40.4 Å². The molecule has 0 amide bonds. The Hall–Kier alpha value is -0.450. The molecule has 132 valence electrons. The second kappa shape index (κ2) is 3.94. The topological polar surface area (TPSA) is 70.1 Å². The Bertz CT molecular complexity index is 648. The van der Waals surface area contributed by atoms with Crippen molar-refractivity contribution >= 4 is 5.78 Å². The third kappa shape index (κ3) is 1.34. The molecule has 0 aromatic rings. The van der Waals surface area contributed by atoms with Crippen molar-refractivity contribution in [1.29, 1.82) is 0 Å². The molecule has 0 aromatic heterocycles. The lowest BCUT2D eigenvalue weighted by Crippen LogP contribution is -2.63. The molecule has 24 heavy (non-hydrogen) atoms. The summed E-state index contributed by atoms with van der Waals surface area (Å²) in [6.07, 6.45) is 4.73. The first-order valence-corrected chi connectivity index (χ1v) is 9.92. The molecular weight excluding hydrogens is 304 g/mol. The maximum Gasteiger partial charge on any atom is 0.142 e. The molecule has 6 rings (SSSR count). The average Bonchev–Trinajstić information content (AvgIpc) is 3.43. The molecule has 11 atom stereocenters. The quantitative estimate of drug-likeness (QED) is 0.665. The average molecular weight is 332 g/mol. The second-order valence-electron chi connectivity index (χ2n) is 10.3. The van der Waals surface area contributed by atoms with Crippen molar-refractivity contribution in [3.05, 3.63) is 0 Å². The number of rotatable bonds is 0. The minimum atomic E-state index is -0.454. The Labute approximate surface area is 143 Å². The molecule has 0 bridgehead atoms. The van der Waals surface area contributed by atoms with Gasteiger partial charge in [-0.3, -0.25) is 4.79 Å². The van der Waals surface area contributed by atoms with E-state index < -0.39 is 6.10 Å². The second-order valence-corrected chi connectivity index (χ2v) is 10.3. The van der Waals surface area contributed by atoms with E-state index in [-0.39, 0.29) is 34.6 Å². The van der Waals surface area contributed by atoms with Crippen LogP contribution in [-0.4, -0.2) is 39.9 Å². The van der Waals surface area contributed by atoms with Gasteiger partial charge in [-0.25, -0.2) is 0 Å². The lowest BCUT2D eigenvalue weighted by atomic mass is 9.44. The predicted octanol–water partition coefficient (Wildman–Crippen LogP) is 1.92. The minimum absolute atomic E-state index is 0.0537. The lowest BCUT2D eigenvalue weighted by Gasteiger charge is -2.59. The van der Waals surface area contributed by atoms with Gasteiger partial charge in [-0.05, 0) is 55.8 Å². The van der Waals surface area contributed by atoms with Gasteiger partial charge in [0.15, 0.2) is 0 Å². The van der Waals surface area contributed by atoms with E-state index in [2.05, 4.69) is 13.8 Å². The summed E-state index contributed by atoms with van der Waals surface area (Å²) < 4.78 is 6.21. The molecule has 1 spiro atoms. The van der Waals surface area contributed by atoms with Gasteiger partial charge in [0, 0.05) is 23.2 Å². The summed E-state index contributed by atoms with van der Waals surface area (Å²) in [6.45, 7) is 4.53. The van der Waals surface area contributed by atoms with Crippen LogP contribution in [0.1, 0.15) is 52.4 Å². The Morgan fingerprint density at radius 1 is 1.17 bits per heavy atom. The fourth-order valence-electron chi connectivity index (χ4n) is 8.29. The van der Waals surface area contributed by atoms with Crippen molar-refractivity contribution in [1.82, 2.24) is 0 Å². The predicted molar refractivity (Wildman–Crippen MR) is 86.0 cm³/mol. The number of carbonyl (C=O) groups is 1. The van der Waals surface area contributed by atoms with Crippen molar-refractivity contribution in [3.8, 4) is 0 Å². The van der Waals surface area contributed by atoms with Gasteiger partial charge >= 0.3 is 0 Å². The number of hydrogen-bond donors (Lipinski definition) is 2. The summed E-state index contributed by atoms with van der Waals surface area (Å²) in [6, 6.07) is 0. The monoisotopic (exact) mass is 332 g/mol. The molecule has 4 nitrogen and oxygen atoms in total. The van der Waals surface area contributed by atoms with E-state index in [4.69, 9.17) is 4.74 Å². The highest BCUT2D eigenvalue weighted by atomic mass is 16.6. The van der Waals surface area contributed by atoms with E-state index >= 15 is 0 Å². The van der Waals surface area contributed by atoms with Gasteiger partial charge in [0.25, 0.3) is 0 Å². The van der Waals surface area contributed by atoms with Crippen LogP contribution in [0.5, 0.6) is 0 Å². The molecule has 6 fully saturated rings. The highest BCUT2D eigenvalue weighted by molar-refractivity contribution is 5.92. The van der Waals surface area contributed by atoms with Crippen molar-refractivity contribution in [3.63, 3.8) is 0 Å². The molecular formula is C20H28O4. The largest absolute Gasteiger partial charge is 0.393 e. The molecule has 1 aliphatic heterocycles. The molecule has 5 aliphatic carbocycles. The van der Waals surface area contributed by atoms with Crippen LogP contribution in [-0.2, 0) is 9.53 Å². The molecule has 3 unspecified atom stereocenters. The standard InChI is InChI=1S/C20H28O4/c1-18-5-4-12-13(14(18)10-7-11(10)16(18)23)15(22)17-20(24-17)8-9(21)3-6-19(12,20)2/h9-15,17,21-22H,3-8H2,1-2H3/t9-,10+,11-,12?,13?,14?,15+,17+,18-,19+,20+/m0/s1. The van der Waals surface area contributed by atoms with Crippen LogP contribution in [0.3, 0.4) is 0 Å². The summed E-state index contributed by atoms with van der Waals surface area (Å²) in [5.41, 5.74) is -0.447. The Kier molecular flexibility index (Phi) is 2.41. The van der Waals surface area contributed by atoms with Crippen LogP contribution < -0.4 is 0 Å². The number of aliphatic hydroxyl groups excluding tert-OH is 2. The Morgan fingerprint density at radius 3 is 2.75 bits per heavy atom. The number of epoxide rings is 1. The smallest absolute Gasteiger partial charge is 0.142 e. The van der Waals surface area contributed by atoms with Gasteiger partial charge in [0.2, 0.25) is 0 Å². The molecule has 1 saturated heterocycles. The molecule has 0 radical (unpaired) electrons. The molecule has 5 saturated carbocycles. The third-order valence-corrected chi connectivity index (χ3v) is 9.56. The van der Waals surface area contributed by atoms with Gasteiger partial charge in [0.1, 0.15) is 17.5 Å². The van der Waals surface area contributed by atoms with E-state index in [1.165, 1.54) is 0 Å². The molecule has 6 aliphatic rings. The number of carbonyl (C=O) groups excluding carboxylic acids is 1. The van der Waals surface area contributed by atoms with E-state index in [1.807, 2.05) is 0 Å². The normalized spacial score (nSPS) is 69.1. The summed E-state index contributed by atoms with van der Waals surface area (Å²) >= 11 is 0. The van der Waals surface area contributed by atoms with E-state index in [0.717, 1.165) is 32.1 Å². The van der Waals surface area contributed by atoms with Crippen LogP contribution in [0.2, 0.25) is 0 Å². The minimum Gasteiger partial charge on any atom is -0.393 e. The highest BCUT2D eigenvalue weighted by Gasteiger charge is 2.81. The van der Waals surface area contributed by atoms with Crippen LogP contribution >= 0.6 is 0 Å². The zero-order valence-electron chi connectivity index (χ0n) is 14.6. The third-order valence-electron chi connectivity index (χ3n) is 9.56. The number of ketones is 1. The van der Waals surface area contributed by atoms with Gasteiger partial charge in [-0.15, -0.1) is 0 Å². The number of Topliss-reactive ketones (excluding diaryl/α,β-unsaturated/α-hetero) is 1. The fraction of sp³-hybridized carbons (Fsp3) is 0.950. The van der Waals surface area contributed by atoms with Crippen LogP contribution in [0.15, 0.2) is 0 Å². The highest BCUT2D eigenvalue weighted by Crippen LogP contribution is 2.76. The van der Waals surface area contributed by atoms with E-state index in [1.54, 1.807) is 0 Å². The fourth-order valence-corrected chi connectivity index (χ4v) is 8.29. The molecule has 1 heterocycles. The van der Waals surface area contributed by atoms with Crippen LogP contribution in [0.25, 0.3) is 0 Å².